The predicted octanol–water partition coefficient (Wildman–Crippen LogP) is 1.85. The van der Waals surface area contributed by atoms with E-state index in [0.29, 0.717) is 0 Å². The van der Waals surface area contributed by atoms with Crippen LogP contribution in [0.15, 0.2) is 0 Å². The number of alkyl halides is 3. The standard InChI is InChI=1S/C6H6Cl3NO2/c1-12-5(11)4(7)2-6(8,9)3-10/h4H,2H2,1H3. The second-order valence-electron chi connectivity index (χ2n) is 2.01. The van der Waals surface area contributed by atoms with Gasteiger partial charge in [-0.15, -0.1) is 11.6 Å². The number of esters is 1. The molecule has 0 heterocycles. The van der Waals surface area contributed by atoms with E-state index < -0.39 is 15.7 Å². The number of carbonyl (C=O) groups excluding carboxylic acids is 1. The van der Waals surface area contributed by atoms with Gasteiger partial charge in [-0.25, -0.2) is 0 Å². The highest BCUT2D eigenvalue weighted by Gasteiger charge is 2.31. The van der Waals surface area contributed by atoms with Gasteiger partial charge in [0.1, 0.15) is 11.4 Å². The van der Waals surface area contributed by atoms with Crippen LogP contribution in [0.1, 0.15) is 6.42 Å². The first-order valence-corrected chi connectivity index (χ1v) is 4.13. The molecular weight excluding hydrogens is 224 g/mol. The van der Waals surface area contributed by atoms with Crippen molar-refractivity contribution in [3.05, 3.63) is 0 Å². The van der Waals surface area contributed by atoms with Crippen molar-refractivity contribution in [2.75, 3.05) is 7.11 Å². The van der Waals surface area contributed by atoms with E-state index in [4.69, 9.17) is 40.1 Å². The van der Waals surface area contributed by atoms with Gasteiger partial charge in [0, 0.05) is 6.42 Å². The molecule has 3 nitrogen and oxygen atoms in total. The van der Waals surface area contributed by atoms with E-state index in [1.54, 1.807) is 6.07 Å². The van der Waals surface area contributed by atoms with Gasteiger partial charge in [0.2, 0.25) is 4.33 Å². The Balaban J connectivity index is 4.11. The monoisotopic (exact) mass is 229 g/mol. The number of methoxy groups -OCH3 is 1. The van der Waals surface area contributed by atoms with Gasteiger partial charge < -0.3 is 4.74 Å². The van der Waals surface area contributed by atoms with Gasteiger partial charge in [0.05, 0.1) is 7.11 Å². The lowest BCUT2D eigenvalue weighted by molar-refractivity contribution is -0.140. The summed E-state index contributed by atoms with van der Waals surface area (Å²) in [6.07, 6.45) is -0.166. The first-order valence-electron chi connectivity index (χ1n) is 2.94. The molecule has 0 N–H and O–H groups in total. The van der Waals surface area contributed by atoms with Crippen LogP contribution < -0.4 is 0 Å². The highest BCUT2D eigenvalue weighted by molar-refractivity contribution is 6.51. The summed E-state index contributed by atoms with van der Waals surface area (Å²) in [7, 11) is 1.19. The first kappa shape index (κ1) is 11.8. The third-order valence-electron chi connectivity index (χ3n) is 1.06. The summed E-state index contributed by atoms with van der Waals surface area (Å²) < 4.78 is 2.67. The van der Waals surface area contributed by atoms with Gasteiger partial charge in [0.25, 0.3) is 0 Å². The van der Waals surface area contributed by atoms with Crippen LogP contribution in [-0.4, -0.2) is 22.8 Å². The lowest BCUT2D eigenvalue weighted by Crippen LogP contribution is -2.24. The number of rotatable bonds is 3. The van der Waals surface area contributed by atoms with Gasteiger partial charge in [-0.1, -0.05) is 23.2 Å². The molecule has 1 unspecified atom stereocenters. The van der Waals surface area contributed by atoms with E-state index >= 15 is 0 Å². The molecule has 0 aromatic rings. The van der Waals surface area contributed by atoms with Gasteiger partial charge >= 0.3 is 5.97 Å². The molecule has 0 amide bonds. The fraction of sp³-hybridized carbons (Fsp3) is 0.667. The second-order valence-corrected chi connectivity index (χ2v) is 4.02. The molecule has 0 fully saturated rings. The lowest BCUT2D eigenvalue weighted by atomic mass is 10.2. The molecule has 0 saturated carbocycles. The quantitative estimate of drug-likeness (QED) is 0.549. The van der Waals surface area contributed by atoms with Crippen molar-refractivity contribution in [1.29, 1.82) is 5.26 Å². The van der Waals surface area contributed by atoms with E-state index in [2.05, 4.69) is 4.74 Å². The van der Waals surface area contributed by atoms with E-state index in [-0.39, 0.29) is 6.42 Å². The summed E-state index contributed by atoms with van der Waals surface area (Å²) in [4.78, 5) is 10.7. The summed E-state index contributed by atoms with van der Waals surface area (Å²) in [6.45, 7) is 0. The number of hydrogen-bond donors (Lipinski definition) is 0. The van der Waals surface area contributed by atoms with Gasteiger partial charge in [-0.2, -0.15) is 5.26 Å². The summed E-state index contributed by atoms with van der Waals surface area (Å²) in [5.74, 6) is -0.655. The summed E-state index contributed by atoms with van der Waals surface area (Å²) in [6, 6.07) is 1.59. The molecule has 0 aliphatic carbocycles. The van der Waals surface area contributed by atoms with Gasteiger partial charge in [0.15, 0.2) is 0 Å². The van der Waals surface area contributed by atoms with Crippen LogP contribution in [0.25, 0.3) is 0 Å². The fourth-order valence-electron chi connectivity index (χ4n) is 0.482. The third-order valence-corrected chi connectivity index (χ3v) is 1.87. The van der Waals surface area contributed by atoms with Gasteiger partial charge in [-0.3, -0.25) is 4.79 Å². The number of ether oxygens (including phenoxy) is 1. The van der Waals surface area contributed by atoms with Gasteiger partial charge in [-0.05, 0) is 0 Å². The van der Waals surface area contributed by atoms with E-state index in [1.165, 1.54) is 7.11 Å². The minimum atomic E-state index is -1.64. The van der Waals surface area contributed by atoms with Crippen LogP contribution in [-0.2, 0) is 9.53 Å². The number of carbonyl (C=O) groups is 1. The highest BCUT2D eigenvalue weighted by Crippen LogP contribution is 2.28. The Bertz CT molecular complexity index is 211. The van der Waals surface area contributed by atoms with Crippen molar-refractivity contribution in [2.45, 2.75) is 16.1 Å². The molecule has 0 radical (unpaired) electrons. The maximum atomic E-state index is 10.7. The molecule has 0 aromatic carbocycles. The van der Waals surface area contributed by atoms with Crippen molar-refractivity contribution in [2.24, 2.45) is 0 Å². The number of halogens is 3. The zero-order valence-electron chi connectivity index (χ0n) is 6.18. The molecule has 68 valence electrons. The largest absolute Gasteiger partial charge is 0.468 e. The molecule has 0 aliphatic rings. The predicted molar refractivity (Wildman–Crippen MR) is 46.3 cm³/mol. The van der Waals surface area contributed by atoms with Crippen molar-refractivity contribution < 1.29 is 9.53 Å². The van der Waals surface area contributed by atoms with Crippen LogP contribution in [0, 0.1) is 11.3 Å². The summed E-state index contributed by atoms with van der Waals surface area (Å²) in [5, 5.41) is 7.38. The zero-order chi connectivity index (χ0) is 9.78. The fourth-order valence-corrected chi connectivity index (χ4v) is 1.27. The molecule has 1 atom stereocenters. The molecule has 0 rings (SSSR count). The van der Waals surface area contributed by atoms with Crippen LogP contribution in [0.4, 0.5) is 0 Å². The molecule has 0 aliphatic heterocycles. The SMILES string of the molecule is COC(=O)C(Cl)CC(Cl)(Cl)C#N. The topological polar surface area (TPSA) is 50.1 Å². The molecule has 6 heteroatoms. The average molecular weight is 230 g/mol. The lowest BCUT2D eigenvalue weighted by Gasteiger charge is -2.12. The summed E-state index contributed by atoms with van der Waals surface area (Å²) >= 11 is 16.4. The molecular formula is C6H6Cl3NO2. The van der Waals surface area contributed by atoms with Crippen LogP contribution >= 0.6 is 34.8 Å². The van der Waals surface area contributed by atoms with Crippen LogP contribution in [0.2, 0.25) is 0 Å². The maximum absolute atomic E-state index is 10.7. The van der Waals surface area contributed by atoms with Crippen LogP contribution in [0.3, 0.4) is 0 Å². The Hall–Kier alpha value is -0.170. The summed E-state index contributed by atoms with van der Waals surface area (Å²) in [5.41, 5.74) is 0. The smallest absolute Gasteiger partial charge is 0.323 e. The van der Waals surface area contributed by atoms with E-state index in [9.17, 15) is 4.79 Å². The first-order chi connectivity index (χ1) is 5.43. The van der Waals surface area contributed by atoms with E-state index in [0.717, 1.165) is 0 Å². The molecule has 0 bridgehead atoms. The zero-order valence-corrected chi connectivity index (χ0v) is 8.45. The number of hydrogen-bond acceptors (Lipinski definition) is 3. The van der Waals surface area contributed by atoms with Crippen molar-refractivity contribution in [3.63, 3.8) is 0 Å². The van der Waals surface area contributed by atoms with E-state index in [1.807, 2.05) is 0 Å². The number of nitrogens with zero attached hydrogens (tertiary/aromatic N) is 1. The minimum absolute atomic E-state index is 0.166. The van der Waals surface area contributed by atoms with Crippen molar-refractivity contribution in [3.8, 4) is 6.07 Å². The molecule has 0 saturated heterocycles. The Morgan fingerprint density at radius 2 is 2.25 bits per heavy atom. The van der Waals surface area contributed by atoms with Crippen molar-refractivity contribution in [1.82, 2.24) is 0 Å². The third kappa shape index (κ3) is 4.01. The molecule has 12 heavy (non-hydrogen) atoms. The highest BCUT2D eigenvalue weighted by atomic mass is 35.5. The Kier molecular flexibility index (Phi) is 4.69. The maximum Gasteiger partial charge on any atom is 0.323 e. The Labute approximate surface area is 85.1 Å². The molecule has 0 spiro atoms. The van der Waals surface area contributed by atoms with Crippen molar-refractivity contribution >= 4 is 40.8 Å². The number of nitriles is 1. The van der Waals surface area contributed by atoms with Crippen LogP contribution in [0.5, 0.6) is 0 Å². The minimum Gasteiger partial charge on any atom is -0.468 e. The Morgan fingerprint density at radius 3 is 2.58 bits per heavy atom. The second kappa shape index (κ2) is 4.76. The Morgan fingerprint density at radius 1 is 1.75 bits per heavy atom. The molecule has 0 aromatic heterocycles. The normalized spacial score (nSPS) is 13.2. The average Bonchev–Trinajstić information content (AvgIpc) is 2.02.